The molecule has 0 saturated carbocycles. The lowest BCUT2D eigenvalue weighted by Gasteiger charge is -2.18. The maximum absolute atomic E-state index is 13.0. The zero-order valence-corrected chi connectivity index (χ0v) is 56.1. The monoisotopic (exact) mass is 1160 g/mol. The van der Waals surface area contributed by atoms with Crippen molar-refractivity contribution in [2.45, 2.75) is 444 Å². The number of hydrogen-bond donors (Lipinski definition) is 0. The Hall–Kier alpha value is -1.85. The molecule has 6 heteroatoms. The van der Waals surface area contributed by atoms with E-state index in [2.05, 4.69) is 32.9 Å². The first kappa shape index (κ1) is 80.2. The molecular weight excluding hydrogens is 1010 g/mol. The predicted octanol–water partition coefficient (Wildman–Crippen LogP) is 26.0. The van der Waals surface area contributed by atoms with Crippen molar-refractivity contribution in [3.63, 3.8) is 0 Å². The minimum absolute atomic E-state index is 0.0654. The van der Waals surface area contributed by atoms with Crippen molar-refractivity contribution in [2.75, 3.05) is 13.2 Å². The quantitative estimate of drug-likeness (QED) is 0.0261. The lowest BCUT2D eigenvalue weighted by molar-refractivity contribution is -0.167. The van der Waals surface area contributed by atoms with Crippen LogP contribution in [0.3, 0.4) is 0 Å². The van der Waals surface area contributed by atoms with E-state index in [1.54, 1.807) is 0 Å². The Morgan fingerprint density at radius 1 is 0.232 bits per heavy atom. The minimum Gasteiger partial charge on any atom is -0.462 e. The highest BCUT2D eigenvalue weighted by atomic mass is 16.6. The van der Waals surface area contributed by atoms with Gasteiger partial charge in [-0.2, -0.15) is 0 Å². The van der Waals surface area contributed by atoms with Gasteiger partial charge in [-0.1, -0.05) is 386 Å². The Bertz CT molecular complexity index is 1280. The zero-order chi connectivity index (χ0) is 59.2. The van der Waals surface area contributed by atoms with E-state index in [4.69, 9.17) is 14.2 Å². The van der Waals surface area contributed by atoms with Gasteiger partial charge in [-0.25, -0.2) is 0 Å². The topological polar surface area (TPSA) is 78.9 Å². The first-order chi connectivity index (χ1) is 40.5. The largest absolute Gasteiger partial charge is 0.462 e. The van der Waals surface area contributed by atoms with E-state index < -0.39 is 6.10 Å². The summed E-state index contributed by atoms with van der Waals surface area (Å²) in [4.78, 5) is 38.5. The van der Waals surface area contributed by atoms with E-state index in [1.165, 1.54) is 334 Å². The maximum Gasteiger partial charge on any atom is 0.306 e. The second-order valence-electron chi connectivity index (χ2n) is 25.9. The normalized spacial score (nSPS) is 12.0. The minimum atomic E-state index is -0.770. The van der Waals surface area contributed by atoms with Gasteiger partial charge in [0.1, 0.15) is 13.2 Å². The summed E-state index contributed by atoms with van der Waals surface area (Å²) in [7, 11) is 0. The van der Waals surface area contributed by atoms with Gasteiger partial charge in [0.25, 0.3) is 0 Å². The van der Waals surface area contributed by atoms with Crippen LogP contribution in [0.5, 0.6) is 0 Å². The molecule has 0 spiro atoms. The maximum atomic E-state index is 13.0. The molecule has 0 saturated heterocycles. The highest BCUT2D eigenvalue weighted by Gasteiger charge is 2.20. The van der Waals surface area contributed by atoms with Gasteiger partial charge >= 0.3 is 17.9 Å². The van der Waals surface area contributed by atoms with Gasteiger partial charge in [-0.3, -0.25) is 14.4 Å². The lowest BCUT2D eigenvalue weighted by Crippen LogP contribution is -2.30. The molecule has 0 amide bonds. The molecular formula is C76H146O6. The number of carbonyl (C=O) groups excluding carboxylic acids is 3. The molecule has 1 atom stereocenters. The van der Waals surface area contributed by atoms with Crippen LogP contribution >= 0.6 is 0 Å². The van der Waals surface area contributed by atoms with Gasteiger partial charge in [-0.15, -0.1) is 0 Å². The van der Waals surface area contributed by atoms with Crippen LogP contribution in [0, 0.1) is 0 Å². The van der Waals surface area contributed by atoms with Crippen LogP contribution in [0.1, 0.15) is 438 Å². The standard InChI is InChI=1S/C76H146O6/c1-4-7-10-13-16-19-22-25-28-30-32-34-36-38-40-42-44-46-48-51-54-57-60-63-66-69-75(78)81-72-73(71-80-74(77)68-65-62-59-56-53-50-27-24-21-18-15-12-9-6-3)82-76(79)70-67-64-61-58-55-52-49-47-45-43-41-39-37-35-33-31-29-26-23-20-17-14-11-8-5-2/h24,27,73H,4-23,25-26,28-72H2,1-3H3/b27-24-. The van der Waals surface area contributed by atoms with Crippen LogP contribution in [0.2, 0.25) is 0 Å². The molecule has 0 bridgehead atoms. The molecule has 0 fully saturated rings. The number of unbranched alkanes of at least 4 members (excludes halogenated alkanes) is 58. The van der Waals surface area contributed by atoms with E-state index in [0.717, 1.165) is 64.2 Å². The first-order valence-electron chi connectivity index (χ1n) is 37.7. The van der Waals surface area contributed by atoms with Gasteiger partial charge in [0, 0.05) is 19.3 Å². The van der Waals surface area contributed by atoms with E-state index in [0.29, 0.717) is 19.3 Å². The smallest absolute Gasteiger partial charge is 0.306 e. The van der Waals surface area contributed by atoms with Crippen LogP contribution in [0.15, 0.2) is 12.2 Å². The zero-order valence-electron chi connectivity index (χ0n) is 56.1. The molecule has 0 aromatic rings. The summed E-state index contributed by atoms with van der Waals surface area (Å²) in [6, 6.07) is 0. The van der Waals surface area contributed by atoms with Gasteiger partial charge < -0.3 is 14.2 Å². The third-order valence-electron chi connectivity index (χ3n) is 17.5. The third kappa shape index (κ3) is 68.9. The number of ether oxygens (including phenoxy) is 3. The Kier molecular flexibility index (Phi) is 70.0. The van der Waals surface area contributed by atoms with Crippen molar-refractivity contribution in [1.82, 2.24) is 0 Å². The number of rotatable bonds is 71. The molecule has 0 aromatic carbocycles. The van der Waals surface area contributed by atoms with Gasteiger partial charge in [0.05, 0.1) is 0 Å². The summed E-state index contributed by atoms with van der Waals surface area (Å²) in [5, 5.41) is 0. The summed E-state index contributed by atoms with van der Waals surface area (Å²) in [5.74, 6) is -0.835. The Morgan fingerprint density at radius 2 is 0.402 bits per heavy atom. The summed E-state index contributed by atoms with van der Waals surface area (Å²) < 4.78 is 17.0. The number of hydrogen-bond acceptors (Lipinski definition) is 6. The van der Waals surface area contributed by atoms with Crippen molar-refractivity contribution < 1.29 is 28.6 Å². The molecule has 0 radical (unpaired) electrons. The highest BCUT2D eigenvalue weighted by molar-refractivity contribution is 5.71. The van der Waals surface area contributed by atoms with Crippen molar-refractivity contribution in [2.24, 2.45) is 0 Å². The van der Waals surface area contributed by atoms with Gasteiger partial charge in [0.15, 0.2) is 6.10 Å². The predicted molar refractivity (Wildman–Crippen MR) is 358 cm³/mol. The van der Waals surface area contributed by atoms with Crippen LogP contribution in [-0.2, 0) is 28.6 Å². The average Bonchev–Trinajstić information content (AvgIpc) is 3.48. The Balaban J connectivity index is 4.20. The summed E-state index contributed by atoms with van der Waals surface area (Å²) in [6.45, 7) is 6.73. The van der Waals surface area contributed by atoms with E-state index in [9.17, 15) is 14.4 Å². The van der Waals surface area contributed by atoms with E-state index >= 15 is 0 Å². The third-order valence-corrected chi connectivity index (χ3v) is 17.5. The molecule has 486 valence electrons. The average molecular weight is 1160 g/mol. The van der Waals surface area contributed by atoms with Crippen molar-refractivity contribution in [1.29, 1.82) is 0 Å². The summed E-state index contributed by atoms with van der Waals surface area (Å²) in [5.41, 5.74) is 0. The molecule has 0 rings (SSSR count). The van der Waals surface area contributed by atoms with Crippen LogP contribution in [-0.4, -0.2) is 37.2 Å². The number of allylic oxidation sites excluding steroid dienone is 2. The summed E-state index contributed by atoms with van der Waals surface area (Å²) in [6.07, 6.45) is 86.9. The molecule has 82 heavy (non-hydrogen) atoms. The molecule has 0 aliphatic carbocycles. The van der Waals surface area contributed by atoms with Crippen molar-refractivity contribution in [3.05, 3.63) is 12.2 Å². The SMILES string of the molecule is CCCCCCC/C=C\CCCCCCCC(=O)OCC(COC(=O)CCCCCCCCCCCCCCCCCCCCCCCCCCC)OC(=O)CCCCCCCCCCCCCCCCCCCCCCCCCCC. The Morgan fingerprint density at radius 3 is 0.610 bits per heavy atom. The molecule has 0 N–H and O–H groups in total. The van der Waals surface area contributed by atoms with Crippen LogP contribution in [0.4, 0.5) is 0 Å². The molecule has 0 aliphatic heterocycles. The van der Waals surface area contributed by atoms with E-state index in [1.807, 2.05) is 0 Å². The van der Waals surface area contributed by atoms with Crippen LogP contribution in [0.25, 0.3) is 0 Å². The fourth-order valence-corrected chi connectivity index (χ4v) is 11.9. The van der Waals surface area contributed by atoms with Gasteiger partial charge in [0.2, 0.25) is 0 Å². The van der Waals surface area contributed by atoms with Gasteiger partial charge in [-0.05, 0) is 44.9 Å². The molecule has 0 heterocycles. The van der Waals surface area contributed by atoms with Crippen molar-refractivity contribution in [3.8, 4) is 0 Å². The summed E-state index contributed by atoms with van der Waals surface area (Å²) >= 11 is 0. The molecule has 6 nitrogen and oxygen atoms in total. The fraction of sp³-hybridized carbons (Fsp3) is 0.934. The second kappa shape index (κ2) is 71.6. The van der Waals surface area contributed by atoms with Crippen molar-refractivity contribution >= 4 is 17.9 Å². The number of carbonyl (C=O) groups is 3. The highest BCUT2D eigenvalue weighted by Crippen LogP contribution is 2.20. The fourth-order valence-electron chi connectivity index (χ4n) is 11.9. The molecule has 0 aliphatic rings. The molecule has 1 unspecified atom stereocenters. The lowest BCUT2D eigenvalue weighted by atomic mass is 10.0. The van der Waals surface area contributed by atoms with E-state index in [-0.39, 0.29) is 31.1 Å². The first-order valence-corrected chi connectivity index (χ1v) is 37.7. The molecule has 0 aromatic heterocycles. The number of esters is 3. The Labute approximate surface area is 513 Å². The van der Waals surface area contributed by atoms with Crippen LogP contribution < -0.4 is 0 Å². The second-order valence-corrected chi connectivity index (χ2v) is 25.9.